The molecule has 0 saturated carbocycles. The van der Waals surface area contributed by atoms with Crippen LogP contribution in [0.25, 0.3) is 10.1 Å². The van der Waals surface area contributed by atoms with Gasteiger partial charge in [-0.15, -0.1) is 23.1 Å². The van der Waals surface area contributed by atoms with Gasteiger partial charge in [0.25, 0.3) is 0 Å². The van der Waals surface area contributed by atoms with Crippen molar-refractivity contribution >= 4 is 39.2 Å². The number of benzene rings is 2. The van der Waals surface area contributed by atoms with Crippen LogP contribution in [0.2, 0.25) is 0 Å². The van der Waals surface area contributed by atoms with E-state index in [0.29, 0.717) is 28.2 Å². The van der Waals surface area contributed by atoms with Crippen molar-refractivity contribution in [3.63, 3.8) is 0 Å². The van der Waals surface area contributed by atoms with Crippen molar-refractivity contribution in [1.82, 2.24) is 0 Å². The van der Waals surface area contributed by atoms with Gasteiger partial charge in [-0.05, 0) is 73.7 Å². The summed E-state index contributed by atoms with van der Waals surface area (Å²) in [6, 6.07) is 7.35. The Morgan fingerprint density at radius 1 is 1.03 bits per heavy atom. The molecule has 0 bridgehead atoms. The zero-order valence-corrected chi connectivity index (χ0v) is 20.4. The summed E-state index contributed by atoms with van der Waals surface area (Å²) in [5.41, 5.74) is -0.748. The molecule has 1 aromatic heterocycles. The lowest BCUT2D eigenvalue weighted by molar-refractivity contribution is -0.147. The van der Waals surface area contributed by atoms with E-state index in [2.05, 4.69) is 4.74 Å². The lowest BCUT2D eigenvalue weighted by Gasteiger charge is -2.15. The summed E-state index contributed by atoms with van der Waals surface area (Å²) in [7, 11) is 0. The maximum atomic E-state index is 13.5. The van der Waals surface area contributed by atoms with Gasteiger partial charge >= 0.3 is 18.3 Å². The molecule has 0 saturated heterocycles. The Morgan fingerprint density at radius 3 is 2.43 bits per heavy atom. The fourth-order valence-corrected chi connectivity index (χ4v) is 5.58. The molecule has 3 nitrogen and oxygen atoms in total. The van der Waals surface area contributed by atoms with Crippen molar-refractivity contribution in [2.75, 3.05) is 19.0 Å². The summed E-state index contributed by atoms with van der Waals surface area (Å²) in [5.74, 6) is -0.693. The minimum Gasteiger partial charge on any atom is -0.481 e. The van der Waals surface area contributed by atoms with Gasteiger partial charge in [-0.1, -0.05) is 6.07 Å². The first-order chi connectivity index (χ1) is 16.4. The van der Waals surface area contributed by atoms with Crippen LogP contribution in [-0.4, -0.2) is 24.9 Å². The van der Waals surface area contributed by atoms with Crippen LogP contribution in [0, 0.1) is 6.92 Å². The summed E-state index contributed by atoms with van der Waals surface area (Å²) in [5, 5.41) is 0.777. The summed E-state index contributed by atoms with van der Waals surface area (Å²) in [6.07, 6.45) is -7.83. The van der Waals surface area contributed by atoms with E-state index in [0.717, 1.165) is 34.0 Å². The Balaban J connectivity index is 1.63. The first-order valence-electron chi connectivity index (χ1n) is 10.6. The van der Waals surface area contributed by atoms with Gasteiger partial charge in [0.15, 0.2) is 6.61 Å². The average molecular weight is 537 g/mol. The molecule has 11 heteroatoms. The molecule has 3 rings (SSSR count). The van der Waals surface area contributed by atoms with Crippen LogP contribution in [0.15, 0.2) is 41.3 Å². The maximum Gasteiger partial charge on any atom is 0.420 e. The van der Waals surface area contributed by atoms with Gasteiger partial charge in [0.2, 0.25) is 0 Å². The highest BCUT2D eigenvalue weighted by molar-refractivity contribution is 7.99. The highest BCUT2D eigenvalue weighted by atomic mass is 32.2. The number of halogens is 6. The second-order valence-electron chi connectivity index (χ2n) is 7.56. The van der Waals surface area contributed by atoms with E-state index in [9.17, 15) is 31.1 Å². The number of thiophene rings is 1. The molecule has 2 aromatic carbocycles. The zero-order valence-electron chi connectivity index (χ0n) is 18.8. The number of rotatable bonds is 9. The van der Waals surface area contributed by atoms with Gasteiger partial charge < -0.3 is 9.47 Å². The number of alkyl halides is 6. The number of hydrogen-bond acceptors (Lipinski definition) is 5. The zero-order chi connectivity index (χ0) is 25.8. The van der Waals surface area contributed by atoms with Crippen molar-refractivity contribution in [2.24, 2.45) is 0 Å². The normalized spacial score (nSPS) is 12.2. The predicted octanol–water partition coefficient (Wildman–Crippen LogP) is 7.91. The first-order valence-corrected chi connectivity index (χ1v) is 12.4. The number of thioether (sulfide) groups is 1. The Hall–Kier alpha value is -2.40. The highest BCUT2D eigenvalue weighted by Gasteiger charge is 2.35. The number of fused-ring (bicyclic) bond motifs is 1. The van der Waals surface area contributed by atoms with E-state index >= 15 is 0 Å². The second kappa shape index (κ2) is 11.1. The highest BCUT2D eigenvalue weighted by Crippen LogP contribution is 2.40. The minimum absolute atomic E-state index is 0.0967. The molecule has 0 aliphatic carbocycles. The summed E-state index contributed by atoms with van der Waals surface area (Å²) in [6.45, 7) is 2.91. The molecule has 35 heavy (non-hydrogen) atoms. The monoisotopic (exact) mass is 536 g/mol. The van der Waals surface area contributed by atoms with E-state index in [1.54, 1.807) is 6.92 Å². The van der Waals surface area contributed by atoms with Gasteiger partial charge in [-0.3, -0.25) is 0 Å². The van der Waals surface area contributed by atoms with E-state index < -0.39 is 41.8 Å². The average Bonchev–Trinajstić information content (AvgIpc) is 3.09. The third kappa shape index (κ3) is 7.07. The fraction of sp³-hybridized carbons (Fsp3) is 0.375. The van der Waals surface area contributed by atoms with Crippen LogP contribution in [0.1, 0.15) is 34.9 Å². The van der Waals surface area contributed by atoms with Crippen molar-refractivity contribution in [3.8, 4) is 5.75 Å². The fourth-order valence-electron chi connectivity index (χ4n) is 3.40. The van der Waals surface area contributed by atoms with E-state index in [1.165, 1.54) is 41.3 Å². The van der Waals surface area contributed by atoms with Gasteiger partial charge in [0, 0.05) is 14.5 Å². The van der Waals surface area contributed by atoms with Gasteiger partial charge in [0.1, 0.15) is 5.75 Å². The second-order valence-corrected chi connectivity index (χ2v) is 9.87. The van der Waals surface area contributed by atoms with Gasteiger partial charge in [-0.2, -0.15) is 26.3 Å². The molecule has 0 fully saturated rings. The summed E-state index contributed by atoms with van der Waals surface area (Å²) >= 11 is 2.55. The molecule has 0 amide bonds. The maximum absolute atomic E-state index is 13.5. The number of hydrogen-bond donors (Lipinski definition) is 0. The molecule has 0 N–H and O–H groups in total. The minimum atomic E-state index is -4.66. The Kier molecular flexibility index (Phi) is 8.63. The van der Waals surface area contributed by atoms with Crippen LogP contribution in [-0.2, 0) is 28.3 Å². The number of carbonyl (C=O) groups is 1. The molecule has 3 aromatic rings. The molecule has 0 aliphatic rings. The standard InChI is InChI=1S/C24H22F6O3S2/c1-3-32-22(31)13-33-19-9-7-16(12-18(19)24(28,29)30)34-10-4-5-20-14(2)17-8-6-15(23(25,26)27)11-21(17)35-20/h6-9,11-12H,3-5,10,13H2,1-2H3. The third-order valence-corrected chi connectivity index (χ3v) is 7.48. The molecule has 190 valence electrons. The van der Waals surface area contributed by atoms with Crippen molar-refractivity contribution in [2.45, 2.75) is 43.9 Å². The number of aryl methyl sites for hydroxylation is 2. The predicted molar refractivity (Wildman–Crippen MR) is 124 cm³/mol. The Bertz CT molecular complexity index is 1180. The van der Waals surface area contributed by atoms with E-state index in [1.807, 2.05) is 6.92 Å². The summed E-state index contributed by atoms with van der Waals surface area (Å²) in [4.78, 5) is 12.7. The Labute approximate surface area is 206 Å². The molecule has 1 heterocycles. The third-order valence-electron chi connectivity index (χ3n) is 5.09. The lowest BCUT2D eigenvalue weighted by atomic mass is 10.1. The first kappa shape index (κ1) is 27.2. The van der Waals surface area contributed by atoms with Crippen molar-refractivity contribution in [1.29, 1.82) is 0 Å². The molecule has 0 spiro atoms. The SMILES string of the molecule is CCOC(=O)COc1ccc(SCCCc2sc3cc(C(F)(F)F)ccc3c2C)cc1C(F)(F)F. The molecule has 0 radical (unpaired) electrons. The largest absolute Gasteiger partial charge is 0.481 e. The topological polar surface area (TPSA) is 35.5 Å². The molecule has 0 unspecified atom stereocenters. The number of carbonyl (C=O) groups excluding carboxylic acids is 1. The van der Waals surface area contributed by atoms with Crippen molar-refractivity contribution in [3.05, 3.63) is 58.0 Å². The molecule has 0 atom stereocenters. The van der Waals surface area contributed by atoms with Crippen LogP contribution in [0.5, 0.6) is 5.75 Å². The molecular formula is C24H22F6O3S2. The lowest BCUT2D eigenvalue weighted by Crippen LogP contribution is -2.17. The van der Waals surface area contributed by atoms with Crippen LogP contribution >= 0.6 is 23.1 Å². The summed E-state index contributed by atoms with van der Waals surface area (Å²) < 4.78 is 89.6. The van der Waals surface area contributed by atoms with Gasteiger partial charge in [-0.25, -0.2) is 4.79 Å². The smallest absolute Gasteiger partial charge is 0.420 e. The number of ether oxygens (including phenoxy) is 2. The quantitative estimate of drug-likeness (QED) is 0.120. The van der Waals surface area contributed by atoms with E-state index in [4.69, 9.17) is 4.74 Å². The van der Waals surface area contributed by atoms with Crippen LogP contribution in [0.3, 0.4) is 0 Å². The molecule has 0 aliphatic heterocycles. The molecular weight excluding hydrogens is 514 g/mol. The van der Waals surface area contributed by atoms with E-state index in [-0.39, 0.29) is 6.61 Å². The Morgan fingerprint density at radius 2 is 1.77 bits per heavy atom. The number of esters is 1. The van der Waals surface area contributed by atoms with Crippen molar-refractivity contribution < 1.29 is 40.6 Å². The van der Waals surface area contributed by atoms with Crippen LogP contribution < -0.4 is 4.74 Å². The van der Waals surface area contributed by atoms with Gasteiger partial charge in [0.05, 0.1) is 17.7 Å². The van der Waals surface area contributed by atoms with Crippen LogP contribution in [0.4, 0.5) is 26.3 Å².